The van der Waals surface area contributed by atoms with Crippen molar-refractivity contribution in [2.24, 2.45) is 7.05 Å². The van der Waals surface area contributed by atoms with Gasteiger partial charge in [0.05, 0.1) is 12.6 Å². The van der Waals surface area contributed by atoms with Crippen molar-refractivity contribution in [2.75, 3.05) is 16.0 Å². The van der Waals surface area contributed by atoms with E-state index in [-0.39, 0.29) is 30.6 Å². The van der Waals surface area contributed by atoms with E-state index in [4.69, 9.17) is 0 Å². The number of alkyl halides is 3. The van der Waals surface area contributed by atoms with Crippen LogP contribution in [0, 0.1) is 0 Å². The summed E-state index contributed by atoms with van der Waals surface area (Å²) in [6.45, 7) is 0.125. The van der Waals surface area contributed by atoms with E-state index in [9.17, 15) is 18.0 Å². The third kappa shape index (κ3) is 4.13. The fraction of sp³-hybridized carbons (Fsp3) is 0.222. The number of hydrogen-bond acceptors (Lipinski definition) is 6. The first-order chi connectivity index (χ1) is 13.8. The highest BCUT2D eigenvalue weighted by Gasteiger charge is 2.35. The molecule has 0 aliphatic carbocycles. The Morgan fingerprint density at radius 1 is 1.28 bits per heavy atom. The molecule has 0 bridgehead atoms. The second-order valence-corrected chi connectivity index (χ2v) is 6.55. The molecule has 0 unspecified atom stereocenters. The molecule has 3 N–H and O–H groups in total. The van der Waals surface area contributed by atoms with Crippen LogP contribution in [-0.4, -0.2) is 25.7 Å². The van der Waals surface area contributed by atoms with Gasteiger partial charge in [-0.3, -0.25) is 9.48 Å². The molecule has 4 rings (SSSR count). The predicted molar refractivity (Wildman–Crippen MR) is 99.6 cm³/mol. The number of carbonyl (C=O) groups is 1. The Labute approximate surface area is 163 Å². The molecule has 0 spiro atoms. The Kier molecular flexibility index (Phi) is 4.57. The van der Waals surface area contributed by atoms with Crippen molar-refractivity contribution in [3.8, 4) is 0 Å². The first-order valence-corrected chi connectivity index (χ1v) is 8.63. The lowest BCUT2D eigenvalue weighted by Gasteiger charge is -2.14. The standard InChI is InChI=1S/C18H16F3N7O/c1-28-9-10(7-24-28)6-22-16-13(18(19,20)21)8-23-17(27-16)25-12-2-3-14-11(4-12)5-15(29)26-14/h2-4,7-9H,5-6H2,1H3,(H,26,29)(H2,22,23,25,27). The van der Waals surface area contributed by atoms with Crippen molar-refractivity contribution in [3.05, 3.63) is 53.5 Å². The fourth-order valence-corrected chi connectivity index (χ4v) is 2.97. The maximum Gasteiger partial charge on any atom is 0.421 e. The van der Waals surface area contributed by atoms with E-state index in [2.05, 4.69) is 31.0 Å². The molecule has 1 aliphatic heterocycles. The van der Waals surface area contributed by atoms with Crippen LogP contribution < -0.4 is 16.0 Å². The first kappa shape index (κ1) is 18.7. The zero-order chi connectivity index (χ0) is 20.6. The average Bonchev–Trinajstić information content (AvgIpc) is 3.23. The number of hydrogen-bond donors (Lipinski definition) is 3. The smallest absolute Gasteiger partial charge is 0.365 e. The summed E-state index contributed by atoms with van der Waals surface area (Å²) in [5, 5.41) is 12.3. The Hall–Kier alpha value is -3.63. The number of benzene rings is 1. The van der Waals surface area contributed by atoms with Gasteiger partial charge in [-0.15, -0.1) is 0 Å². The van der Waals surface area contributed by atoms with E-state index < -0.39 is 11.7 Å². The number of carbonyl (C=O) groups excluding carboxylic acids is 1. The van der Waals surface area contributed by atoms with Crippen LogP contribution in [0.25, 0.3) is 0 Å². The molecule has 3 heterocycles. The number of aromatic nitrogens is 4. The molecule has 11 heteroatoms. The van der Waals surface area contributed by atoms with E-state index in [0.29, 0.717) is 16.9 Å². The lowest BCUT2D eigenvalue weighted by atomic mass is 10.1. The van der Waals surface area contributed by atoms with Gasteiger partial charge in [-0.2, -0.15) is 23.3 Å². The molecule has 1 aromatic carbocycles. The molecule has 0 radical (unpaired) electrons. The highest BCUT2D eigenvalue weighted by Crippen LogP contribution is 2.34. The number of rotatable bonds is 5. The number of amides is 1. The Bertz CT molecular complexity index is 1080. The maximum atomic E-state index is 13.3. The van der Waals surface area contributed by atoms with Gasteiger partial charge in [-0.1, -0.05) is 0 Å². The van der Waals surface area contributed by atoms with E-state index in [0.717, 1.165) is 11.8 Å². The minimum Gasteiger partial charge on any atom is -0.365 e. The molecule has 2 aromatic heterocycles. The number of fused-ring (bicyclic) bond motifs is 1. The second kappa shape index (κ2) is 7.08. The van der Waals surface area contributed by atoms with Crippen LogP contribution in [-0.2, 0) is 31.0 Å². The monoisotopic (exact) mass is 403 g/mol. The molecule has 0 saturated heterocycles. The molecule has 29 heavy (non-hydrogen) atoms. The number of halogens is 3. The first-order valence-electron chi connectivity index (χ1n) is 8.63. The summed E-state index contributed by atoms with van der Waals surface area (Å²) in [6, 6.07) is 5.14. The molecular formula is C18H16F3N7O. The van der Waals surface area contributed by atoms with Gasteiger partial charge in [0.1, 0.15) is 11.4 Å². The van der Waals surface area contributed by atoms with Crippen LogP contribution in [0.5, 0.6) is 0 Å². The number of nitrogens with one attached hydrogen (secondary N) is 3. The van der Waals surface area contributed by atoms with Crippen molar-refractivity contribution >= 4 is 29.0 Å². The van der Waals surface area contributed by atoms with E-state index >= 15 is 0 Å². The number of anilines is 4. The Balaban J connectivity index is 1.58. The summed E-state index contributed by atoms with van der Waals surface area (Å²) < 4.78 is 41.5. The van der Waals surface area contributed by atoms with Crippen LogP contribution in [0.15, 0.2) is 36.8 Å². The van der Waals surface area contributed by atoms with Crippen molar-refractivity contribution in [3.63, 3.8) is 0 Å². The zero-order valence-electron chi connectivity index (χ0n) is 15.2. The second-order valence-electron chi connectivity index (χ2n) is 6.55. The average molecular weight is 403 g/mol. The quantitative estimate of drug-likeness (QED) is 0.606. The number of nitrogens with zero attached hydrogens (tertiary/aromatic N) is 4. The van der Waals surface area contributed by atoms with Gasteiger partial charge >= 0.3 is 6.18 Å². The van der Waals surface area contributed by atoms with Gasteiger partial charge in [0.15, 0.2) is 0 Å². The molecule has 0 atom stereocenters. The third-order valence-electron chi connectivity index (χ3n) is 4.30. The van der Waals surface area contributed by atoms with Crippen molar-refractivity contribution in [1.29, 1.82) is 0 Å². The summed E-state index contributed by atoms with van der Waals surface area (Å²) in [6.07, 6.45) is -0.369. The van der Waals surface area contributed by atoms with E-state index in [1.165, 1.54) is 0 Å². The topological polar surface area (TPSA) is 96.8 Å². The van der Waals surface area contributed by atoms with Gasteiger partial charge in [0.2, 0.25) is 11.9 Å². The molecular weight excluding hydrogens is 387 g/mol. The van der Waals surface area contributed by atoms with Gasteiger partial charge < -0.3 is 16.0 Å². The highest BCUT2D eigenvalue weighted by molar-refractivity contribution is 5.99. The molecule has 0 fully saturated rings. The minimum absolute atomic E-state index is 0.00363. The summed E-state index contributed by atoms with van der Waals surface area (Å²) >= 11 is 0. The summed E-state index contributed by atoms with van der Waals surface area (Å²) in [5.74, 6) is -0.439. The molecule has 1 amide bonds. The molecule has 0 saturated carbocycles. The van der Waals surface area contributed by atoms with Crippen LogP contribution in [0.4, 0.5) is 36.3 Å². The molecule has 8 nitrogen and oxygen atoms in total. The third-order valence-corrected chi connectivity index (χ3v) is 4.30. The Morgan fingerprint density at radius 2 is 2.10 bits per heavy atom. The maximum absolute atomic E-state index is 13.3. The zero-order valence-corrected chi connectivity index (χ0v) is 15.2. The van der Waals surface area contributed by atoms with Crippen LogP contribution in [0.1, 0.15) is 16.7 Å². The van der Waals surface area contributed by atoms with Crippen LogP contribution >= 0.6 is 0 Å². The summed E-state index contributed by atoms with van der Waals surface area (Å²) in [7, 11) is 1.72. The normalized spacial score (nSPS) is 13.2. The van der Waals surface area contributed by atoms with Crippen molar-refractivity contribution in [1.82, 2.24) is 19.7 Å². The molecule has 1 aliphatic rings. The molecule has 150 valence electrons. The van der Waals surface area contributed by atoms with Gasteiger partial charge in [0.25, 0.3) is 0 Å². The van der Waals surface area contributed by atoms with Gasteiger partial charge in [-0.25, -0.2) is 4.98 Å². The van der Waals surface area contributed by atoms with E-state index in [1.807, 2.05) is 0 Å². The lowest BCUT2D eigenvalue weighted by Crippen LogP contribution is -2.14. The molecule has 3 aromatic rings. The predicted octanol–water partition coefficient (Wildman–Crippen LogP) is 3.08. The summed E-state index contributed by atoms with van der Waals surface area (Å²) in [5.41, 5.74) is 1.83. The Morgan fingerprint density at radius 3 is 2.83 bits per heavy atom. The SMILES string of the molecule is Cn1cc(CNc2nc(Nc3ccc4c(c3)CC(=O)N4)ncc2C(F)(F)F)cn1. The van der Waals surface area contributed by atoms with Gasteiger partial charge in [0, 0.05) is 42.9 Å². The van der Waals surface area contributed by atoms with Crippen molar-refractivity contribution < 1.29 is 18.0 Å². The largest absolute Gasteiger partial charge is 0.421 e. The fourth-order valence-electron chi connectivity index (χ4n) is 2.97. The van der Waals surface area contributed by atoms with Gasteiger partial charge in [-0.05, 0) is 23.8 Å². The van der Waals surface area contributed by atoms with Crippen LogP contribution in [0.3, 0.4) is 0 Å². The lowest BCUT2D eigenvalue weighted by molar-refractivity contribution is -0.137. The van der Waals surface area contributed by atoms with Crippen molar-refractivity contribution in [2.45, 2.75) is 19.1 Å². The minimum atomic E-state index is -4.60. The number of aryl methyl sites for hydroxylation is 1. The highest BCUT2D eigenvalue weighted by atomic mass is 19.4. The van der Waals surface area contributed by atoms with E-state index in [1.54, 1.807) is 42.3 Å². The summed E-state index contributed by atoms with van der Waals surface area (Å²) in [4.78, 5) is 19.2. The van der Waals surface area contributed by atoms with Crippen LogP contribution in [0.2, 0.25) is 0 Å².